The Morgan fingerprint density at radius 1 is 1.28 bits per heavy atom. The molecule has 1 heterocycles. The Bertz CT molecular complexity index is 1030. The Labute approximate surface area is 190 Å². The number of benzene rings is 1. The summed E-state index contributed by atoms with van der Waals surface area (Å²) in [7, 11) is 0.688. The molecule has 1 amide bonds. The van der Waals surface area contributed by atoms with Crippen molar-refractivity contribution in [2.75, 3.05) is 46.3 Å². The third-order valence-corrected chi connectivity index (χ3v) is 6.66. The Morgan fingerprint density at radius 3 is 2.53 bits per heavy atom. The van der Waals surface area contributed by atoms with Crippen LogP contribution in [-0.2, 0) is 29.1 Å². The van der Waals surface area contributed by atoms with Gasteiger partial charge in [-0.3, -0.25) is 10.1 Å². The number of methoxy groups -OCH3 is 2. The standard InChI is InChI=1S/C19H25FN4O6S2/c1-13(12-29-4)30-23-17(18(25)22-19-21-11-16(20)31-19)14-5-7-15(8-6-14)32(26,27)24(2)9-10-28-3/h5-8,11,13H,9-10,12H2,1-4H3,(H,21,22,25)/t13-/m1/s1. The normalized spacial score (nSPS) is 13.2. The number of hydrogen-bond acceptors (Lipinski definition) is 9. The third-order valence-electron chi connectivity index (χ3n) is 4.08. The van der Waals surface area contributed by atoms with E-state index in [1.807, 2.05) is 0 Å². The summed E-state index contributed by atoms with van der Waals surface area (Å²) >= 11 is 0.656. The molecule has 0 aliphatic heterocycles. The number of carbonyl (C=O) groups excluding carboxylic acids is 1. The van der Waals surface area contributed by atoms with Crippen molar-refractivity contribution in [1.82, 2.24) is 9.29 Å². The van der Waals surface area contributed by atoms with Crippen LogP contribution in [0.3, 0.4) is 0 Å². The quantitative estimate of drug-likeness (QED) is 0.358. The van der Waals surface area contributed by atoms with Gasteiger partial charge in [-0.15, -0.1) is 0 Å². The SMILES string of the molecule is COCCN(C)S(=O)(=O)c1ccc(C(=NO[C@H](C)COC)C(=O)Nc2ncc(F)s2)cc1. The van der Waals surface area contributed by atoms with Crippen LogP contribution in [-0.4, -0.2) is 76.5 Å². The number of sulfonamides is 1. The van der Waals surface area contributed by atoms with Crippen LogP contribution in [0.5, 0.6) is 0 Å². The van der Waals surface area contributed by atoms with E-state index < -0.39 is 27.2 Å². The fourth-order valence-electron chi connectivity index (χ4n) is 2.41. The highest BCUT2D eigenvalue weighted by molar-refractivity contribution is 7.89. The molecule has 1 aromatic carbocycles. The molecular weight excluding hydrogens is 463 g/mol. The molecule has 10 nitrogen and oxygen atoms in total. The van der Waals surface area contributed by atoms with Gasteiger partial charge in [0.15, 0.2) is 16.0 Å². The van der Waals surface area contributed by atoms with Gasteiger partial charge in [0.25, 0.3) is 5.91 Å². The predicted molar refractivity (Wildman–Crippen MR) is 118 cm³/mol. The molecule has 13 heteroatoms. The minimum Gasteiger partial charge on any atom is -0.390 e. The third kappa shape index (κ3) is 7.03. The molecule has 0 unspecified atom stereocenters. The molecular formula is C19H25FN4O6S2. The molecule has 0 aliphatic carbocycles. The number of rotatable bonds is 12. The van der Waals surface area contributed by atoms with E-state index in [1.165, 1.54) is 49.8 Å². The van der Waals surface area contributed by atoms with Crippen LogP contribution in [0.4, 0.5) is 9.52 Å². The summed E-state index contributed by atoms with van der Waals surface area (Å²) in [5.74, 6) is -0.697. The number of aromatic nitrogens is 1. The number of anilines is 1. The number of likely N-dealkylation sites (N-methyl/N-ethyl adjacent to an activating group) is 1. The zero-order valence-electron chi connectivity index (χ0n) is 18.1. The van der Waals surface area contributed by atoms with Crippen molar-refractivity contribution in [3.8, 4) is 0 Å². The van der Waals surface area contributed by atoms with E-state index in [0.29, 0.717) is 16.9 Å². The molecule has 0 bridgehead atoms. The van der Waals surface area contributed by atoms with E-state index in [2.05, 4.69) is 15.5 Å². The maximum Gasteiger partial charge on any atom is 0.280 e. The summed E-state index contributed by atoms with van der Waals surface area (Å²) in [4.78, 5) is 21.9. The number of thiazole rings is 1. The molecule has 0 radical (unpaired) electrons. The van der Waals surface area contributed by atoms with Crippen molar-refractivity contribution >= 4 is 38.1 Å². The zero-order chi connectivity index (χ0) is 23.7. The van der Waals surface area contributed by atoms with Gasteiger partial charge in [0, 0.05) is 33.4 Å². The topological polar surface area (TPSA) is 119 Å². The Morgan fingerprint density at radius 2 is 1.97 bits per heavy atom. The van der Waals surface area contributed by atoms with Crippen molar-refractivity contribution in [1.29, 1.82) is 0 Å². The first kappa shape index (κ1) is 25.8. The molecule has 0 saturated heterocycles. The largest absolute Gasteiger partial charge is 0.390 e. The van der Waals surface area contributed by atoms with Crippen LogP contribution in [0.25, 0.3) is 0 Å². The van der Waals surface area contributed by atoms with Crippen molar-refractivity contribution < 1.29 is 31.9 Å². The summed E-state index contributed by atoms with van der Waals surface area (Å²) in [6, 6.07) is 5.58. The maximum atomic E-state index is 13.2. The van der Waals surface area contributed by atoms with Gasteiger partial charge in [0.05, 0.1) is 24.3 Å². The van der Waals surface area contributed by atoms with Crippen LogP contribution < -0.4 is 5.32 Å². The molecule has 0 saturated carbocycles. The lowest BCUT2D eigenvalue weighted by atomic mass is 10.1. The first-order valence-corrected chi connectivity index (χ1v) is 11.7. The fourth-order valence-corrected chi connectivity index (χ4v) is 4.10. The van der Waals surface area contributed by atoms with E-state index in [4.69, 9.17) is 14.3 Å². The second-order valence-electron chi connectivity index (χ2n) is 6.58. The van der Waals surface area contributed by atoms with Gasteiger partial charge in [0.1, 0.15) is 6.10 Å². The van der Waals surface area contributed by atoms with Gasteiger partial charge >= 0.3 is 0 Å². The van der Waals surface area contributed by atoms with Crippen LogP contribution in [0.15, 0.2) is 40.5 Å². The monoisotopic (exact) mass is 488 g/mol. The average Bonchev–Trinajstić information content (AvgIpc) is 3.17. The number of ether oxygens (including phenoxy) is 2. The first-order valence-electron chi connectivity index (χ1n) is 9.40. The van der Waals surface area contributed by atoms with E-state index in [9.17, 15) is 17.6 Å². The van der Waals surface area contributed by atoms with Gasteiger partial charge in [0.2, 0.25) is 10.0 Å². The predicted octanol–water partition coefficient (Wildman–Crippen LogP) is 1.94. The summed E-state index contributed by atoms with van der Waals surface area (Å²) in [5, 5.41) is 5.85. The van der Waals surface area contributed by atoms with E-state index in [-0.39, 0.29) is 35.5 Å². The summed E-state index contributed by atoms with van der Waals surface area (Å²) < 4.78 is 49.6. The Hall–Kier alpha value is -2.45. The smallest absolute Gasteiger partial charge is 0.280 e. The molecule has 32 heavy (non-hydrogen) atoms. The van der Waals surface area contributed by atoms with Gasteiger partial charge in [-0.05, 0) is 19.1 Å². The number of nitrogens with zero attached hydrogens (tertiary/aromatic N) is 3. The van der Waals surface area contributed by atoms with Crippen molar-refractivity contribution in [2.24, 2.45) is 5.16 Å². The molecule has 1 N–H and O–H groups in total. The average molecular weight is 489 g/mol. The molecule has 0 spiro atoms. The molecule has 0 aliphatic rings. The first-order chi connectivity index (χ1) is 15.2. The minimum atomic E-state index is -3.74. The summed E-state index contributed by atoms with van der Waals surface area (Å²) in [6.07, 6.45) is 0.530. The lowest BCUT2D eigenvalue weighted by Gasteiger charge is -2.17. The fraction of sp³-hybridized carbons (Fsp3) is 0.421. The molecule has 176 valence electrons. The Balaban J connectivity index is 2.30. The highest BCUT2D eigenvalue weighted by Gasteiger charge is 2.22. The molecule has 2 aromatic rings. The lowest BCUT2D eigenvalue weighted by Crippen LogP contribution is -2.30. The number of halogens is 1. The molecule has 0 fully saturated rings. The van der Waals surface area contributed by atoms with E-state index in [0.717, 1.165) is 6.20 Å². The van der Waals surface area contributed by atoms with Crippen LogP contribution in [0.1, 0.15) is 12.5 Å². The van der Waals surface area contributed by atoms with Crippen molar-refractivity contribution in [2.45, 2.75) is 17.9 Å². The van der Waals surface area contributed by atoms with Crippen molar-refractivity contribution in [3.63, 3.8) is 0 Å². The summed E-state index contributed by atoms with van der Waals surface area (Å²) in [5.41, 5.74) is 0.155. The highest BCUT2D eigenvalue weighted by atomic mass is 32.2. The number of carbonyl (C=O) groups is 1. The number of nitrogens with one attached hydrogen (secondary N) is 1. The van der Waals surface area contributed by atoms with Gasteiger partial charge < -0.3 is 14.3 Å². The highest BCUT2D eigenvalue weighted by Crippen LogP contribution is 2.18. The second kappa shape index (κ2) is 12.0. The number of hydrogen-bond donors (Lipinski definition) is 1. The molecule has 2 rings (SSSR count). The maximum absolute atomic E-state index is 13.2. The molecule has 1 aromatic heterocycles. The Kier molecular flexibility index (Phi) is 9.65. The second-order valence-corrected chi connectivity index (χ2v) is 9.60. The van der Waals surface area contributed by atoms with Gasteiger partial charge in [-0.2, -0.15) is 8.70 Å². The van der Waals surface area contributed by atoms with Crippen LogP contribution in [0.2, 0.25) is 0 Å². The summed E-state index contributed by atoms with van der Waals surface area (Å²) in [6.45, 7) is 2.37. The minimum absolute atomic E-state index is 0.0373. The zero-order valence-corrected chi connectivity index (χ0v) is 19.7. The number of oxime groups is 1. The molecule has 1 atom stereocenters. The number of amides is 1. The van der Waals surface area contributed by atoms with Crippen LogP contribution >= 0.6 is 11.3 Å². The van der Waals surface area contributed by atoms with Gasteiger partial charge in [-0.1, -0.05) is 28.6 Å². The van der Waals surface area contributed by atoms with Gasteiger partial charge in [-0.25, -0.2) is 13.4 Å². The lowest BCUT2D eigenvalue weighted by molar-refractivity contribution is -0.110. The van der Waals surface area contributed by atoms with Crippen molar-refractivity contribution in [3.05, 3.63) is 41.2 Å². The van der Waals surface area contributed by atoms with E-state index >= 15 is 0 Å². The van der Waals surface area contributed by atoms with Crippen LogP contribution in [0, 0.1) is 5.13 Å². The van der Waals surface area contributed by atoms with E-state index in [1.54, 1.807) is 6.92 Å².